The van der Waals surface area contributed by atoms with E-state index in [4.69, 9.17) is 4.74 Å². The second-order valence-corrected chi connectivity index (χ2v) is 5.71. The monoisotopic (exact) mass is 261 g/mol. The van der Waals surface area contributed by atoms with Crippen molar-refractivity contribution in [1.29, 1.82) is 0 Å². The Labute approximate surface area is 115 Å². The molecular formula is C16H23NO2. The van der Waals surface area contributed by atoms with Crippen molar-refractivity contribution in [3.63, 3.8) is 0 Å². The molecule has 1 heterocycles. The van der Waals surface area contributed by atoms with Gasteiger partial charge in [0.1, 0.15) is 5.75 Å². The summed E-state index contributed by atoms with van der Waals surface area (Å²) >= 11 is 0. The summed E-state index contributed by atoms with van der Waals surface area (Å²) in [5.41, 5.74) is 2.35. The molecule has 1 N–H and O–H groups in total. The number of aryl methyl sites for hydroxylation is 1. The van der Waals surface area contributed by atoms with E-state index < -0.39 is 0 Å². The van der Waals surface area contributed by atoms with Crippen molar-refractivity contribution < 1.29 is 9.84 Å². The van der Waals surface area contributed by atoms with Gasteiger partial charge in [0.05, 0.1) is 13.2 Å². The number of piperidine rings is 1. The predicted octanol–water partition coefficient (Wildman–Crippen LogP) is 2.53. The zero-order valence-electron chi connectivity index (χ0n) is 11.6. The van der Waals surface area contributed by atoms with Gasteiger partial charge in [0.2, 0.25) is 0 Å². The van der Waals surface area contributed by atoms with Crippen molar-refractivity contribution in [2.45, 2.75) is 44.2 Å². The van der Waals surface area contributed by atoms with Gasteiger partial charge in [-0.25, -0.2) is 0 Å². The number of hydrogen-bond donors (Lipinski definition) is 1. The first-order valence-electron chi connectivity index (χ1n) is 7.38. The Morgan fingerprint density at radius 2 is 2.00 bits per heavy atom. The van der Waals surface area contributed by atoms with Crippen molar-refractivity contribution in [2.75, 3.05) is 20.2 Å². The lowest BCUT2D eigenvalue weighted by Crippen LogP contribution is -2.44. The van der Waals surface area contributed by atoms with Gasteiger partial charge in [0, 0.05) is 6.04 Å². The number of rotatable bonds is 2. The van der Waals surface area contributed by atoms with Gasteiger partial charge in [-0.3, -0.25) is 4.90 Å². The number of ether oxygens (including phenoxy) is 1. The lowest BCUT2D eigenvalue weighted by atomic mass is 9.84. The highest BCUT2D eigenvalue weighted by Crippen LogP contribution is 2.35. The Kier molecular flexibility index (Phi) is 3.76. The molecule has 3 heteroatoms. The molecule has 1 fully saturated rings. The van der Waals surface area contributed by atoms with E-state index in [1.54, 1.807) is 7.11 Å². The zero-order chi connectivity index (χ0) is 13.2. The van der Waals surface area contributed by atoms with Crippen LogP contribution in [0.15, 0.2) is 18.2 Å². The highest BCUT2D eigenvalue weighted by Gasteiger charge is 2.32. The Morgan fingerprint density at radius 3 is 2.74 bits per heavy atom. The second-order valence-electron chi connectivity index (χ2n) is 5.71. The summed E-state index contributed by atoms with van der Waals surface area (Å²) in [6.07, 6.45) is 5.66. The summed E-state index contributed by atoms with van der Waals surface area (Å²) in [4.78, 5) is 2.49. The van der Waals surface area contributed by atoms with Crippen molar-refractivity contribution in [3.8, 4) is 5.75 Å². The molecule has 104 valence electrons. The quantitative estimate of drug-likeness (QED) is 0.888. The van der Waals surface area contributed by atoms with E-state index in [0.29, 0.717) is 6.04 Å². The molecule has 0 bridgehead atoms. The normalized spacial score (nSPS) is 27.9. The largest absolute Gasteiger partial charge is 0.497 e. The maximum atomic E-state index is 10.7. The van der Waals surface area contributed by atoms with Crippen molar-refractivity contribution in [1.82, 2.24) is 4.90 Å². The fourth-order valence-electron chi connectivity index (χ4n) is 3.51. The average molecular weight is 261 g/mol. The topological polar surface area (TPSA) is 32.7 Å². The summed E-state index contributed by atoms with van der Waals surface area (Å²) in [5, 5.41) is 10.7. The van der Waals surface area contributed by atoms with Gasteiger partial charge in [-0.05, 0) is 62.0 Å². The Morgan fingerprint density at radius 1 is 1.21 bits per heavy atom. The van der Waals surface area contributed by atoms with Gasteiger partial charge >= 0.3 is 0 Å². The van der Waals surface area contributed by atoms with Crippen molar-refractivity contribution >= 4 is 0 Å². The molecule has 1 aromatic carbocycles. The van der Waals surface area contributed by atoms with Crippen LogP contribution in [0.25, 0.3) is 0 Å². The number of fused-ring (bicyclic) bond motifs is 1. The summed E-state index contributed by atoms with van der Waals surface area (Å²) in [5.74, 6) is 0.891. The maximum absolute atomic E-state index is 10.7. The van der Waals surface area contributed by atoms with Crippen LogP contribution in [-0.2, 0) is 6.42 Å². The van der Waals surface area contributed by atoms with E-state index in [9.17, 15) is 5.11 Å². The molecule has 19 heavy (non-hydrogen) atoms. The molecule has 1 aliphatic carbocycles. The average Bonchev–Trinajstić information content (AvgIpc) is 2.48. The first kappa shape index (κ1) is 12.9. The summed E-state index contributed by atoms with van der Waals surface area (Å²) < 4.78 is 5.27. The first-order valence-corrected chi connectivity index (χ1v) is 7.38. The maximum Gasteiger partial charge on any atom is 0.119 e. The molecule has 0 aromatic heterocycles. The lowest BCUT2D eigenvalue weighted by molar-refractivity contribution is 0.0261. The minimum absolute atomic E-state index is 0.307. The lowest BCUT2D eigenvalue weighted by Gasteiger charge is -2.40. The van der Waals surface area contributed by atoms with Crippen LogP contribution in [0.1, 0.15) is 42.9 Å². The van der Waals surface area contributed by atoms with Crippen LogP contribution in [0.2, 0.25) is 0 Å². The van der Waals surface area contributed by atoms with Gasteiger partial charge < -0.3 is 9.84 Å². The Bertz CT molecular complexity index is 440. The van der Waals surface area contributed by atoms with Crippen molar-refractivity contribution in [2.24, 2.45) is 0 Å². The fourth-order valence-corrected chi connectivity index (χ4v) is 3.51. The van der Waals surface area contributed by atoms with E-state index >= 15 is 0 Å². The fraction of sp³-hybridized carbons (Fsp3) is 0.625. The van der Waals surface area contributed by atoms with Crippen LogP contribution in [-0.4, -0.2) is 36.2 Å². The number of aliphatic hydroxyl groups is 1. The minimum Gasteiger partial charge on any atom is -0.497 e. The van der Waals surface area contributed by atoms with Gasteiger partial charge in [-0.2, -0.15) is 0 Å². The zero-order valence-corrected chi connectivity index (χ0v) is 11.6. The van der Waals surface area contributed by atoms with Crippen LogP contribution < -0.4 is 4.74 Å². The molecule has 1 saturated heterocycles. The van der Waals surface area contributed by atoms with Gasteiger partial charge in [0.25, 0.3) is 0 Å². The smallest absolute Gasteiger partial charge is 0.119 e. The molecular weight excluding hydrogens is 238 g/mol. The van der Waals surface area contributed by atoms with Gasteiger partial charge in [0.15, 0.2) is 0 Å². The molecule has 2 atom stereocenters. The standard InChI is InChI=1S/C16H23NO2/c1-19-13-6-7-14-12(11-13)5-8-15(16(14)18)17-9-3-2-4-10-17/h6-7,11,15-16,18H,2-5,8-10H2,1H3. The number of hydrogen-bond acceptors (Lipinski definition) is 3. The molecule has 0 spiro atoms. The third-order valence-corrected chi connectivity index (χ3v) is 4.60. The van der Waals surface area contributed by atoms with Crippen molar-refractivity contribution in [3.05, 3.63) is 29.3 Å². The first-order chi connectivity index (χ1) is 9.29. The summed E-state index contributed by atoms with van der Waals surface area (Å²) in [6.45, 7) is 2.29. The number of methoxy groups -OCH3 is 1. The minimum atomic E-state index is -0.340. The molecule has 3 nitrogen and oxygen atoms in total. The number of likely N-dealkylation sites (tertiary alicyclic amines) is 1. The predicted molar refractivity (Wildman–Crippen MR) is 75.5 cm³/mol. The van der Waals surface area contributed by atoms with Crippen LogP contribution in [0.3, 0.4) is 0 Å². The highest BCUT2D eigenvalue weighted by atomic mass is 16.5. The molecule has 1 aliphatic heterocycles. The van der Waals surface area contributed by atoms with E-state index in [1.807, 2.05) is 12.1 Å². The molecule has 2 aliphatic rings. The van der Waals surface area contributed by atoms with E-state index in [-0.39, 0.29) is 6.10 Å². The molecule has 0 radical (unpaired) electrons. The Balaban J connectivity index is 1.81. The van der Waals surface area contributed by atoms with E-state index in [0.717, 1.165) is 37.2 Å². The van der Waals surface area contributed by atoms with Crippen LogP contribution in [0.4, 0.5) is 0 Å². The molecule has 2 unspecified atom stereocenters. The van der Waals surface area contributed by atoms with E-state index in [1.165, 1.54) is 24.8 Å². The SMILES string of the molecule is COc1ccc2c(c1)CCC(N1CCCCC1)C2O. The summed E-state index contributed by atoms with van der Waals surface area (Å²) in [7, 11) is 1.69. The molecule has 3 rings (SSSR count). The third kappa shape index (κ3) is 2.49. The van der Waals surface area contributed by atoms with Gasteiger partial charge in [-0.1, -0.05) is 12.5 Å². The molecule has 1 aromatic rings. The van der Waals surface area contributed by atoms with Crippen LogP contribution in [0, 0.1) is 0 Å². The summed E-state index contributed by atoms with van der Waals surface area (Å²) in [6, 6.07) is 6.38. The molecule has 0 saturated carbocycles. The Hall–Kier alpha value is -1.06. The molecule has 0 amide bonds. The highest BCUT2D eigenvalue weighted by molar-refractivity contribution is 5.39. The third-order valence-electron chi connectivity index (χ3n) is 4.60. The number of nitrogens with zero attached hydrogens (tertiary/aromatic N) is 1. The van der Waals surface area contributed by atoms with Crippen LogP contribution in [0.5, 0.6) is 5.75 Å². The van der Waals surface area contributed by atoms with E-state index in [2.05, 4.69) is 11.0 Å². The van der Waals surface area contributed by atoms with Crippen LogP contribution >= 0.6 is 0 Å². The number of aliphatic hydroxyl groups excluding tert-OH is 1. The van der Waals surface area contributed by atoms with Gasteiger partial charge in [-0.15, -0.1) is 0 Å². The second kappa shape index (κ2) is 5.51. The number of benzene rings is 1.